The van der Waals surface area contributed by atoms with Crippen molar-refractivity contribution >= 4 is 5.91 Å². The number of hydrogen-bond acceptors (Lipinski definition) is 5. The van der Waals surface area contributed by atoms with Crippen LogP contribution in [0.25, 0.3) is 0 Å². The number of amides is 1. The van der Waals surface area contributed by atoms with E-state index in [9.17, 15) is 4.79 Å². The maximum absolute atomic E-state index is 11.8. The van der Waals surface area contributed by atoms with Crippen LogP contribution in [0.4, 0.5) is 0 Å². The van der Waals surface area contributed by atoms with Crippen molar-refractivity contribution in [1.82, 2.24) is 15.5 Å². The number of carbonyl (C=O) groups excluding carboxylic acids is 1. The predicted molar refractivity (Wildman–Crippen MR) is 61.5 cm³/mol. The highest BCUT2D eigenvalue weighted by atomic mass is 16.5. The number of hydrogen-bond donors (Lipinski definition) is 1. The molecule has 0 aliphatic carbocycles. The molecule has 0 aliphatic heterocycles. The molecule has 90 valence electrons. The van der Waals surface area contributed by atoms with Crippen molar-refractivity contribution < 1.29 is 9.32 Å². The molecule has 0 atom stereocenters. The topological polar surface area (TPSA) is 91.8 Å². The van der Waals surface area contributed by atoms with Gasteiger partial charge in [-0.15, -0.1) is 0 Å². The van der Waals surface area contributed by atoms with E-state index in [0.717, 1.165) is 0 Å². The fourth-order valence-electron chi connectivity index (χ4n) is 1.42. The number of nitrogens with zero attached hydrogens (tertiary/aromatic N) is 3. The van der Waals surface area contributed by atoms with Gasteiger partial charge in [-0.25, -0.2) is 0 Å². The Bertz CT molecular complexity index is 572. The van der Waals surface area contributed by atoms with Gasteiger partial charge in [-0.3, -0.25) is 4.79 Å². The molecule has 0 saturated heterocycles. The van der Waals surface area contributed by atoms with Crippen LogP contribution in [-0.2, 0) is 6.42 Å². The maximum Gasteiger partial charge on any atom is 0.251 e. The van der Waals surface area contributed by atoms with Gasteiger partial charge < -0.3 is 9.84 Å². The molecule has 1 aromatic heterocycles. The highest BCUT2D eigenvalue weighted by molar-refractivity contribution is 5.94. The Labute approximate surface area is 103 Å². The first kappa shape index (κ1) is 11.8. The monoisotopic (exact) mass is 242 g/mol. The van der Waals surface area contributed by atoms with Crippen molar-refractivity contribution in [2.45, 2.75) is 6.42 Å². The van der Waals surface area contributed by atoms with Crippen LogP contribution in [0.2, 0.25) is 0 Å². The van der Waals surface area contributed by atoms with Crippen LogP contribution < -0.4 is 5.32 Å². The summed E-state index contributed by atoms with van der Waals surface area (Å²) in [5.41, 5.74) is 0.916. The van der Waals surface area contributed by atoms with Crippen LogP contribution in [0, 0.1) is 11.3 Å². The second-order valence-electron chi connectivity index (χ2n) is 3.53. The van der Waals surface area contributed by atoms with Crippen LogP contribution >= 0.6 is 0 Å². The number of nitriles is 1. The lowest BCUT2D eigenvalue weighted by atomic mass is 10.1. The first-order chi connectivity index (χ1) is 8.79. The van der Waals surface area contributed by atoms with Gasteiger partial charge in [0.15, 0.2) is 6.33 Å². The fourth-order valence-corrected chi connectivity index (χ4v) is 1.42. The molecule has 0 radical (unpaired) electrons. The van der Waals surface area contributed by atoms with Crippen molar-refractivity contribution in [3.8, 4) is 6.07 Å². The molecule has 6 nitrogen and oxygen atoms in total. The minimum atomic E-state index is -0.230. The molecule has 18 heavy (non-hydrogen) atoms. The molecule has 0 fully saturated rings. The second-order valence-corrected chi connectivity index (χ2v) is 3.53. The minimum absolute atomic E-state index is 0.230. The Kier molecular flexibility index (Phi) is 3.66. The van der Waals surface area contributed by atoms with E-state index in [1.54, 1.807) is 24.3 Å². The zero-order valence-corrected chi connectivity index (χ0v) is 9.46. The zero-order chi connectivity index (χ0) is 12.8. The molecule has 0 spiro atoms. The van der Waals surface area contributed by atoms with Crippen molar-refractivity contribution in [2.75, 3.05) is 6.54 Å². The quantitative estimate of drug-likeness (QED) is 0.860. The summed E-state index contributed by atoms with van der Waals surface area (Å²) in [6.07, 6.45) is 1.79. The smallest absolute Gasteiger partial charge is 0.251 e. The average Bonchev–Trinajstić information content (AvgIpc) is 2.92. The third-order valence-electron chi connectivity index (χ3n) is 2.29. The van der Waals surface area contributed by atoms with Gasteiger partial charge >= 0.3 is 0 Å². The Balaban J connectivity index is 1.89. The largest absolute Gasteiger partial charge is 0.352 e. The molecule has 0 bridgehead atoms. The standard InChI is InChI=1S/C12H10N4O2/c13-7-9-2-1-3-10(6-9)12(17)14-5-4-11-15-8-16-18-11/h1-3,6,8H,4-5H2,(H,14,17). The summed E-state index contributed by atoms with van der Waals surface area (Å²) >= 11 is 0. The molecule has 6 heteroatoms. The average molecular weight is 242 g/mol. The molecule has 0 saturated carbocycles. The van der Waals surface area contributed by atoms with Crippen molar-refractivity contribution in [1.29, 1.82) is 5.26 Å². The number of benzene rings is 1. The summed E-state index contributed by atoms with van der Waals surface area (Å²) in [6, 6.07) is 8.51. The summed E-state index contributed by atoms with van der Waals surface area (Å²) < 4.78 is 4.80. The first-order valence-electron chi connectivity index (χ1n) is 5.33. The summed E-state index contributed by atoms with van der Waals surface area (Å²) in [4.78, 5) is 15.6. The van der Waals surface area contributed by atoms with Crippen molar-refractivity contribution in [3.63, 3.8) is 0 Å². The van der Waals surface area contributed by atoms with Crippen molar-refractivity contribution in [2.24, 2.45) is 0 Å². The van der Waals surface area contributed by atoms with Gasteiger partial charge in [0.25, 0.3) is 5.91 Å². The Morgan fingerprint density at radius 1 is 1.50 bits per heavy atom. The van der Waals surface area contributed by atoms with E-state index in [1.807, 2.05) is 6.07 Å². The van der Waals surface area contributed by atoms with Crippen LogP contribution in [0.1, 0.15) is 21.8 Å². The molecule has 2 aromatic rings. The van der Waals surface area contributed by atoms with Gasteiger partial charge in [0.1, 0.15) is 0 Å². The lowest BCUT2D eigenvalue weighted by molar-refractivity contribution is 0.0953. The van der Waals surface area contributed by atoms with E-state index < -0.39 is 0 Å². The lowest BCUT2D eigenvalue weighted by Crippen LogP contribution is -2.25. The molecule has 1 aromatic carbocycles. The normalized spacial score (nSPS) is 9.72. The van der Waals surface area contributed by atoms with Gasteiger partial charge in [-0.05, 0) is 18.2 Å². The highest BCUT2D eigenvalue weighted by Crippen LogP contribution is 2.03. The number of aromatic nitrogens is 2. The number of carbonyl (C=O) groups is 1. The van der Waals surface area contributed by atoms with Gasteiger partial charge in [-0.1, -0.05) is 11.2 Å². The minimum Gasteiger partial charge on any atom is -0.352 e. The van der Waals surface area contributed by atoms with Crippen LogP contribution in [0.15, 0.2) is 35.1 Å². The number of rotatable bonds is 4. The van der Waals surface area contributed by atoms with E-state index >= 15 is 0 Å². The first-order valence-corrected chi connectivity index (χ1v) is 5.33. The van der Waals surface area contributed by atoms with Crippen molar-refractivity contribution in [3.05, 3.63) is 47.6 Å². The highest BCUT2D eigenvalue weighted by Gasteiger charge is 2.06. The van der Waals surface area contributed by atoms with Gasteiger partial charge in [0.2, 0.25) is 5.89 Å². The molecular weight excluding hydrogens is 232 g/mol. The van der Waals surface area contributed by atoms with E-state index in [-0.39, 0.29) is 5.91 Å². The van der Waals surface area contributed by atoms with E-state index in [4.69, 9.17) is 9.78 Å². The molecule has 0 unspecified atom stereocenters. The molecule has 1 heterocycles. The lowest BCUT2D eigenvalue weighted by Gasteiger charge is -2.03. The molecular formula is C12H10N4O2. The summed E-state index contributed by atoms with van der Waals surface area (Å²) in [5, 5.41) is 14.9. The fraction of sp³-hybridized carbons (Fsp3) is 0.167. The Hall–Kier alpha value is -2.68. The zero-order valence-electron chi connectivity index (χ0n) is 9.46. The van der Waals surface area contributed by atoms with Crippen LogP contribution in [0.3, 0.4) is 0 Å². The van der Waals surface area contributed by atoms with Crippen LogP contribution in [0.5, 0.6) is 0 Å². The Morgan fingerprint density at radius 3 is 3.11 bits per heavy atom. The summed E-state index contributed by atoms with van der Waals surface area (Å²) in [5.74, 6) is 0.243. The third kappa shape index (κ3) is 2.92. The third-order valence-corrected chi connectivity index (χ3v) is 2.29. The predicted octanol–water partition coefficient (Wildman–Crippen LogP) is 0.914. The Morgan fingerprint density at radius 2 is 2.39 bits per heavy atom. The van der Waals surface area contributed by atoms with Gasteiger partial charge in [0, 0.05) is 18.5 Å². The van der Waals surface area contributed by atoms with E-state index in [0.29, 0.717) is 30.0 Å². The van der Waals surface area contributed by atoms with Gasteiger partial charge in [0.05, 0.1) is 11.6 Å². The number of nitrogens with one attached hydrogen (secondary N) is 1. The van der Waals surface area contributed by atoms with E-state index in [1.165, 1.54) is 6.33 Å². The molecule has 0 aliphatic rings. The second kappa shape index (κ2) is 5.59. The van der Waals surface area contributed by atoms with E-state index in [2.05, 4.69) is 15.5 Å². The maximum atomic E-state index is 11.8. The molecule has 2 rings (SSSR count). The summed E-state index contributed by atoms with van der Waals surface area (Å²) in [7, 11) is 0. The van der Waals surface area contributed by atoms with Gasteiger partial charge in [-0.2, -0.15) is 10.2 Å². The SMILES string of the molecule is N#Cc1cccc(C(=O)NCCc2ncno2)c1. The molecule has 1 N–H and O–H groups in total. The summed E-state index contributed by atoms with van der Waals surface area (Å²) in [6.45, 7) is 0.401. The molecule has 1 amide bonds. The van der Waals surface area contributed by atoms with Crippen LogP contribution in [-0.4, -0.2) is 22.6 Å².